The molecule has 5 aromatic rings. The predicted octanol–water partition coefficient (Wildman–Crippen LogP) is 13.6. The van der Waals surface area contributed by atoms with Gasteiger partial charge in [-0.3, -0.25) is 4.99 Å². The molecule has 5 aromatic carbocycles. The zero-order chi connectivity index (χ0) is 36.5. The third-order valence-corrected chi connectivity index (χ3v) is 12.5. The first-order valence-electron chi connectivity index (χ1n) is 19.7. The van der Waals surface area contributed by atoms with Gasteiger partial charge < -0.3 is 0 Å². The van der Waals surface area contributed by atoms with E-state index in [1.807, 2.05) is 0 Å². The molecule has 3 aliphatic rings. The molecular formula is C52H51N. The van der Waals surface area contributed by atoms with E-state index in [4.69, 9.17) is 4.99 Å². The first-order valence-corrected chi connectivity index (χ1v) is 19.7. The molecule has 1 heteroatoms. The van der Waals surface area contributed by atoms with Crippen LogP contribution in [0.15, 0.2) is 185 Å². The van der Waals surface area contributed by atoms with Gasteiger partial charge in [-0.25, -0.2) is 0 Å². The lowest BCUT2D eigenvalue weighted by Crippen LogP contribution is -2.29. The van der Waals surface area contributed by atoms with Crippen LogP contribution in [0.2, 0.25) is 0 Å². The largest absolute Gasteiger partial charge is 0.252 e. The Morgan fingerprint density at radius 2 is 1.26 bits per heavy atom. The van der Waals surface area contributed by atoms with Gasteiger partial charge in [0, 0.05) is 17.1 Å². The SMILES string of the molecule is CCC1\C(c2cccc3c2-c2ccccc2C3(c2ccccc2)c2ccccc2)=N/C(C2=C/C=C(/C)C(C)C\C=C\2C)=C(\C)CCC1c1ccccc1. The van der Waals surface area contributed by atoms with Crippen molar-refractivity contribution in [2.75, 3.05) is 0 Å². The van der Waals surface area contributed by atoms with Crippen molar-refractivity contribution in [1.29, 1.82) is 0 Å². The predicted molar refractivity (Wildman–Crippen MR) is 225 cm³/mol. The highest BCUT2D eigenvalue weighted by Gasteiger charge is 2.47. The van der Waals surface area contributed by atoms with Crippen LogP contribution in [0, 0.1) is 11.8 Å². The van der Waals surface area contributed by atoms with Crippen molar-refractivity contribution in [1.82, 2.24) is 0 Å². The summed E-state index contributed by atoms with van der Waals surface area (Å²) in [5.41, 5.74) is 17.8. The van der Waals surface area contributed by atoms with Crippen molar-refractivity contribution < 1.29 is 0 Å². The monoisotopic (exact) mass is 689 g/mol. The summed E-state index contributed by atoms with van der Waals surface area (Å²) in [6, 6.07) is 49.7. The number of allylic oxidation sites excluding steroid dienone is 6. The Morgan fingerprint density at radius 3 is 1.94 bits per heavy atom. The van der Waals surface area contributed by atoms with Crippen LogP contribution in [0.5, 0.6) is 0 Å². The molecule has 1 heterocycles. The standard InChI is InChI=1S/C52H51N/c1-6-42-44(39-19-10-7-11-20-39)34-32-38(5)50(43-33-31-36(3)35(2)29-30-37(43)4)53-51(42)46-26-18-28-48-49(46)45-25-16-17-27-47(45)52(48,40-21-12-8-13-22-40)41-23-14-9-15-24-41/h7-28,30-31,33,35,42,44H,6,29,32,34H2,1-5H3/b36-31-,37-30+,43-33+,50-38+,53-51+. The molecule has 0 amide bonds. The summed E-state index contributed by atoms with van der Waals surface area (Å²) in [7, 11) is 0. The summed E-state index contributed by atoms with van der Waals surface area (Å²) in [6.07, 6.45) is 11.3. The average molecular weight is 690 g/mol. The maximum Gasteiger partial charge on any atom is 0.0713 e. The van der Waals surface area contributed by atoms with Crippen LogP contribution in [0.3, 0.4) is 0 Å². The van der Waals surface area contributed by atoms with Crippen LogP contribution in [-0.4, -0.2) is 5.71 Å². The molecule has 53 heavy (non-hydrogen) atoms. The highest BCUT2D eigenvalue weighted by atomic mass is 14.8. The number of hydrogen-bond donors (Lipinski definition) is 0. The first kappa shape index (κ1) is 34.8. The summed E-state index contributed by atoms with van der Waals surface area (Å²) in [5.74, 6) is 1.12. The van der Waals surface area contributed by atoms with Crippen molar-refractivity contribution in [2.24, 2.45) is 16.8 Å². The number of fused-ring (bicyclic) bond motifs is 3. The van der Waals surface area contributed by atoms with Crippen molar-refractivity contribution in [3.05, 3.63) is 213 Å². The third-order valence-electron chi connectivity index (χ3n) is 12.5. The Bertz CT molecular complexity index is 2240. The normalized spacial score (nSPS) is 26.4. The van der Waals surface area contributed by atoms with Crippen LogP contribution < -0.4 is 0 Å². The Hall–Kier alpha value is -5.27. The lowest BCUT2D eigenvalue weighted by molar-refractivity contribution is 0.484. The van der Waals surface area contributed by atoms with Gasteiger partial charge in [0.2, 0.25) is 0 Å². The van der Waals surface area contributed by atoms with Crippen molar-refractivity contribution in [2.45, 2.75) is 71.6 Å². The van der Waals surface area contributed by atoms with Gasteiger partial charge in [-0.15, -0.1) is 0 Å². The Kier molecular flexibility index (Phi) is 9.60. The number of nitrogens with zero attached hydrogens (tertiary/aromatic N) is 1. The Morgan fingerprint density at radius 1 is 0.660 bits per heavy atom. The minimum absolute atomic E-state index is 0.235. The Labute approximate surface area is 317 Å². The van der Waals surface area contributed by atoms with Crippen LogP contribution in [0.1, 0.15) is 99.6 Å². The highest BCUT2D eigenvalue weighted by Crippen LogP contribution is 2.57. The van der Waals surface area contributed by atoms with E-state index in [0.29, 0.717) is 11.8 Å². The zero-order valence-corrected chi connectivity index (χ0v) is 31.9. The molecule has 264 valence electrons. The van der Waals surface area contributed by atoms with Crippen molar-refractivity contribution >= 4 is 5.71 Å². The molecule has 3 unspecified atom stereocenters. The second kappa shape index (κ2) is 14.6. The second-order valence-electron chi connectivity index (χ2n) is 15.5. The molecule has 0 aromatic heterocycles. The lowest BCUT2D eigenvalue weighted by Gasteiger charge is -2.34. The maximum atomic E-state index is 6.01. The van der Waals surface area contributed by atoms with Crippen LogP contribution in [-0.2, 0) is 5.41 Å². The molecule has 0 saturated carbocycles. The number of benzene rings is 5. The first-order chi connectivity index (χ1) is 25.9. The molecule has 0 radical (unpaired) electrons. The van der Waals surface area contributed by atoms with E-state index >= 15 is 0 Å². The summed E-state index contributed by atoms with van der Waals surface area (Å²) < 4.78 is 0. The molecule has 0 bridgehead atoms. The van der Waals surface area contributed by atoms with E-state index in [1.165, 1.54) is 72.5 Å². The van der Waals surface area contributed by atoms with Gasteiger partial charge in [-0.05, 0) is 108 Å². The number of rotatable bonds is 6. The fraction of sp³-hybridized carbons (Fsp3) is 0.250. The van der Waals surface area contributed by atoms with Gasteiger partial charge >= 0.3 is 0 Å². The van der Waals surface area contributed by atoms with Gasteiger partial charge in [0.25, 0.3) is 0 Å². The Balaban J connectivity index is 1.45. The van der Waals surface area contributed by atoms with Gasteiger partial charge in [-0.2, -0.15) is 0 Å². The van der Waals surface area contributed by atoms with E-state index in [2.05, 4.69) is 186 Å². The zero-order valence-electron chi connectivity index (χ0n) is 31.9. The minimum atomic E-state index is -0.456. The second-order valence-corrected chi connectivity index (χ2v) is 15.5. The summed E-state index contributed by atoms with van der Waals surface area (Å²) in [5, 5.41) is 0. The highest BCUT2D eigenvalue weighted by molar-refractivity contribution is 6.11. The van der Waals surface area contributed by atoms with Gasteiger partial charge in [-0.1, -0.05) is 171 Å². The van der Waals surface area contributed by atoms with Crippen LogP contribution >= 0.6 is 0 Å². The van der Waals surface area contributed by atoms with E-state index < -0.39 is 5.41 Å². The minimum Gasteiger partial charge on any atom is -0.252 e. The van der Waals surface area contributed by atoms with Crippen LogP contribution in [0.4, 0.5) is 0 Å². The van der Waals surface area contributed by atoms with E-state index in [9.17, 15) is 0 Å². The average Bonchev–Trinajstić information content (AvgIpc) is 3.51. The van der Waals surface area contributed by atoms with E-state index in [1.54, 1.807) is 0 Å². The smallest absolute Gasteiger partial charge is 0.0713 e. The number of aliphatic imine (C=N–C) groups is 1. The molecular weight excluding hydrogens is 639 g/mol. The third kappa shape index (κ3) is 6.01. The quantitative estimate of drug-likeness (QED) is 0.165. The molecule has 0 N–H and O–H groups in total. The van der Waals surface area contributed by atoms with Crippen molar-refractivity contribution in [3.8, 4) is 11.1 Å². The molecule has 1 aliphatic heterocycles. The fourth-order valence-electron chi connectivity index (χ4n) is 9.44. The lowest BCUT2D eigenvalue weighted by atomic mass is 9.67. The van der Waals surface area contributed by atoms with Gasteiger partial charge in [0.05, 0.1) is 16.8 Å². The molecule has 8 rings (SSSR count). The molecule has 1 nitrogen and oxygen atoms in total. The van der Waals surface area contributed by atoms with Crippen LogP contribution in [0.25, 0.3) is 11.1 Å². The van der Waals surface area contributed by atoms with Gasteiger partial charge in [0.1, 0.15) is 0 Å². The fourth-order valence-corrected chi connectivity index (χ4v) is 9.44. The summed E-state index contributed by atoms with van der Waals surface area (Å²) in [6.45, 7) is 11.6. The molecule has 2 aliphatic carbocycles. The maximum absolute atomic E-state index is 6.01. The van der Waals surface area contributed by atoms with Crippen molar-refractivity contribution in [3.63, 3.8) is 0 Å². The molecule has 0 spiro atoms. The topological polar surface area (TPSA) is 12.4 Å². The summed E-state index contributed by atoms with van der Waals surface area (Å²) >= 11 is 0. The molecule has 3 atom stereocenters. The van der Waals surface area contributed by atoms with Gasteiger partial charge in [0.15, 0.2) is 0 Å². The summed E-state index contributed by atoms with van der Waals surface area (Å²) in [4.78, 5) is 6.01. The van der Waals surface area contributed by atoms with E-state index in [0.717, 1.165) is 31.4 Å². The molecule has 0 fully saturated rings. The van der Waals surface area contributed by atoms with E-state index in [-0.39, 0.29) is 5.92 Å². The molecule has 0 saturated heterocycles. The number of hydrogen-bond acceptors (Lipinski definition) is 1.